The Balaban J connectivity index is 1.43. The van der Waals surface area contributed by atoms with Crippen molar-refractivity contribution in [1.29, 1.82) is 0 Å². The van der Waals surface area contributed by atoms with Gasteiger partial charge >= 0.3 is 0 Å². The standard InChI is InChI=1S/C26H35N3O2/c1-19-6-11-24-23(16-19)20(2)17-26(3,4)29(24)25(30)18-27-12-14-28(15-13-27)21-7-9-22(31-5)10-8-21/h6-11,16,20H,12-15,17-18H2,1-5H3/t20-/m0/s1. The van der Waals surface area contributed by atoms with Crippen LogP contribution < -0.4 is 14.5 Å². The molecule has 31 heavy (non-hydrogen) atoms. The summed E-state index contributed by atoms with van der Waals surface area (Å²) in [6.45, 7) is 12.9. The number of nitrogens with zero attached hydrogens (tertiary/aromatic N) is 3. The second-order valence-corrected chi connectivity index (χ2v) is 9.67. The number of methoxy groups -OCH3 is 1. The Morgan fingerprint density at radius 1 is 1.06 bits per heavy atom. The number of amides is 1. The third-order valence-electron chi connectivity index (χ3n) is 6.78. The Bertz CT molecular complexity index is 930. The monoisotopic (exact) mass is 421 g/mol. The molecular formula is C26H35N3O2. The third kappa shape index (κ3) is 4.42. The molecule has 5 heteroatoms. The molecule has 2 heterocycles. The minimum atomic E-state index is -0.177. The van der Waals surface area contributed by atoms with Crippen LogP contribution in [0.15, 0.2) is 42.5 Å². The average Bonchev–Trinajstić information content (AvgIpc) is 2.74. The number of carbonyl (C=O) groups excluding carboxylic acids is 1. The minimum absolute atomic E-state index is 0.177. The van der Waals surface area contributed by atoms with Crippen molar-refractivity contribution in [2.45, 2.75) is 45.6 Å². The highest BCUT2D eigenvalue weighted by molar-refractivity contribution is 5.97. The average molecular weight is 422 g/mol. The molecule has 1 atom stereocenters. The summed E-state index contributed by atoms with van der Waals surface area (Å²) in [5, 5.41) is 0. The summed E-state index contributed by atoms with van der Waals surface area (Å²) >= 11 is 0. The van der Waals surface area contributed by atoms with Crippen molar-refractivity contribution in [3.05, 3.63) is 53.6 Å². The van der Waals surface area contributed by atoms with Crippen molar-refractivity contribution in [3.8, 4) is 5.75 Å². The van der Waals surface area contributed by atoms with Crippen LogP contribution in [-0.2, 0) is 4.79 Å². The van der Waals surface area contributed by atoms with E-state index < -0.39 is 0 Å². The molecule has 1 saturated heterocycles. The molecule has 0 unspecified atom stereocenters. The van der Waals surface area contributed by atoms with Gasteiger partial charge in [0.15, 0.2) is 0 Å². The van der Waals surface area contributed by atoms with E-state index in [1.54, 1.807) is 7.11 Å². The van der Waals surface area contributed by atoms with Gasteiger partial charge in [0.25, 0.3) is 0 Å². The van der Waals surface area contributed by atoms with Crippen LogP contribution >= 0.6 is 0 Å². The lowest BCUT2D eigenvalue weighted by molar-refractivity contribution is -0.121. The molecule has 2 aromatic rings. The molecule has 4 rings (SSSR count). The molecule has 0 aliphatic carbocycles. The Kier molecular flexibility index (Phi) is 5.98. The van der Waals surface area contributed by atoms with E-state index in [0.717, 1.165) is 44.0 Å². The zero-order valence-corrected chi connectivity index (χ0v) is 19.5. The molecule has 0 radical (unpaired) electrons. The summed E-state index contributed by atoms with van der Waals surface area (Å²) in [5.74, 6) is 1.55. The number of carbonyl (C=O) groups is 1. The maximum atomic E-state index is 13.5. The normalized spacial score (nSPS) is 21.0. The van der Waals surface area contributed by atoms with Crippen LogP contribution in [0.5, 0.6) is 5.75 Å². The van der Waals surface area contributed by atoms with Gasteiger partial charge < -0.3 is 14.5 Å². The summed E-state index contributed by atoms with van der Waals surface area (Å²) in [4.78, 5) is 20.3. The van der Waals surface area contributed by atoms with Crippen LogP contribution in [0.2, 0.25) is 0 Å². The highest BCUT2D eigenvalue weighted by Gasteiger charge is 2.40. The lowest BCUT2D eigenvalue weighted by atomic mass is 9.79. The molecule has 2 aliphatic heterocycles. The van der Waals surface area contributed by atoms with Crippen LogP contribution in [0, 0.1) is 6.92 Å². The van der Waals surface area contributed by atoms with E-state index in [1.165, 1.54) is 16.8 Å². The first-order chi connectivity index (χ1) is 14.8. The van der Waals surface area contributed by atoms with E-state index in [0.29, 0.717) is 12.5 Å². The van der Waals surface area contributed by atoms with Crippen LogP contribution in [-0.4, -0.2) is 56.2 Å². The van der Waals surface area contributed by atoms with E-state index in [1.807, 2.05) is 12.1 Å². The Labute approximate surface area is 186 Å². The molecule has 5 nitrogen and oxygen atoms in total. The highest BCUT2D eigenvalue weighted by Crippen LogP contribution is 2.43. The molecule has 166 valence electrons. The zero-order valence-electron chi connectivity index (χ0n) is 19.5. The fourth-order valence-electron chi connectivity index (χ4n) is 5.24. The fourth-order valence-corrected chi connectivity index (χ4v) is 5.24. The van der Waals surface area contributed by atoms with Crippen LogP contribution in [0.25, 0.3) is 0 Å². The lowest BCUT2D eigenvalue weighted by Crippen LogP contribution is -2.56. The topological polar surface area (TPSA) is 36.0 Å². The predicted octanol–water partition coefficient (Wildman–Crippen LogP) is 4.44. The molecule has 0 spiro atoms. The van der Waals surface area contributed by atoms with Crippen LogP contribution in [0.1, 0.15) is 44.2 Å². The fraction of sp³-hybridized carbons (Fsp3) is 0.500. The molecule has 2 aromatic carbocycles. The van der Waals surface area contributed by atoms with E-state index in [4.69, 9.17) is 4.74 Å². The number of hydrogen-bond acceptors (Lipinski definition) is 4. The van der Waals surface area contributed by atoms with E-state index in [9.17, 15) is 4.79 Å². The number of piperazine rings is 1. The predicted molar refractivity (Wildman–Crippen MR) is 127 cm³/mol. The minimum Gasteiger partial charge on any atom is -0.497 e. The first kappa shape index (κ1) is 21.7. The largest absolute Gasteiger partial charge is 0.497 e. The molecule has 1 amide bonds. The van der Waals surface area contributed by atoms with Gasteiger partial charge in [-0.25, -0.2) is 0 Å². The van der Waals surface area contributed by atoms with E-state index >= 15 is 0 Å². The molecule has 0 bridgehead atoms. The van der Waals surface area contributed by atoms with Gasteiger partial charge in [-0.15, -0.1) is 0 Å². The number of ether oxygens (including phenoxy) is 1. The second-order valence-electron chi connectivity index (χ2n) is 9.67. The number of rotatable bonds is 4. The Morgan fingerprint density at radius 3 is 2.39 bits per heavy atom. The van der Waals surface area contributed by atoms with E-state index in [-0.39, 0.29) is 11.4 Å². The first-order valence-corrected chi connectivity index (χ1v) is 11.3. The van der Waals surface area contributed by atoms with Gasteiger partial charge in [0, 0.05) is 43.1 Å². The summed E-state index contributed by atoms with van der Waals surface area (Å²) in [6.07, 6.45) is 0.987. The molecule has 0 aromatic heterocycles. The van der Waals surface area contributed by atoms with Crippen LogP contribution in [0.3, 0.4) is 0 Å². The van der Waals surface area contributed by atoms with Crippen LogP contribution in [0.4, 0.5) is 11.4 Å². The van der Waals surface area contributed by atoms with Gasteiger partial charge in [0.1, 0.15) is 5.75 Å². The number of fused-ring (bicyclic) bond motifs is 1. The van der Waals surface area contributed by atoms with Crippen molar-refractivity contribution < 1.29 is 9.53 Å². The second kappa shape index (κ2) is 8.54. The van der Waals surface area contributed by atoms with Gasteiger partial charge in [0.05, 0.1) is 13.7 Å². The third-order valence-corrected chi connectivity index (χ3v) is 6.78. The summed E-state index contributed by atoms with van der Waals surface area (Å²) < 4.78 is 5.26. The SMILES string of the molecule is COc1ccc(N2CCN(CC(=O)N3c4ccc(C)cc4[C@@H](C)CC3(C)C)CC2)cc1. The lowest BCUT2D eigenvalue weighted by Gasteiger charge is -2.47. The number of anilines is 2. The molecule has 0 saturated carbocycles. The zero-order chi connectivity index (χ0) is 22.2. The maximum absolute atomic E-state index is 13.5. The van der Waals surface area contributed by atoms with E-state index in [2.05, 4.69) is 72.7 Å². The van der Waals surface area contributed by atoms with Gasteiger partial charge in [-0.2, -0.15) is 0 Å². The Morgan fingerprint density at radius 2 is 1.74 bits per heavy atom. The smallest absolute Gasteiger partial charge is 0.241 e. The van der Waals surface area contributed by atoms with Gasteiger partial charge in [-0.05, 0) is 69.0 Å². The van der Waals surface area contributed by atoms with Crippen molar-refractivity contribution in [2.75, 3.05) is 49.6 Å². The van der Waals surface area contributed by atoms with Gasteiger partial charge in [0.2, 0.25) is 5.91 Å². The Hall–Kier alpha value is -2.53. The molecule has 0 N–H and O–H groups in total. The van der Waals surface area contributed by atoms with Gasteiger partial charge in [-0.1, -0.05) is 24.6 Å². The number of benzene rings is 2. The summed E-state index contributed by atoms with van der Waals surface area (Å²) in [7, 11) is 1.69. The summed E-state index contributed by atoms with van der Waals surface area (Å²) in [5.41, 5.74) is 4.69. The number of hydrogen-bond donors (Lipinski definition) is 0. The molecule has 1 fully saturated rings. The van der Waals surface area contributed by atoms with Crippen molar-refractivity contribution in [3.63, 3.8) is 0 Å². The molecular weight excluding hydrogens is 386 g/mol. The van der Waals surface area contributed by atoms with Crippen molar-refractivity contribution >= 4 is 17.3 Å². The van der Waals surface area contributed by atoms with Gasteiger partial charge in [-0.3, -0.25) is 9.69 Å². The first-order valence-electron chi connectivity index (χ1n) is 11.3. The number of aryl methyl sites for hydroxylation is 1. The summed E-state index contributed by atoms with van der Waals surface area (Å²) in [6, 6.07) is 14.7. The highest BCUT2D eigenvalue weighted by atomic mass is 16.5. The van der Waals surface area contributed by atoms with Crippen molar-refractivity contribution in [2.24, 2.45) is 0 Å². The maximum Gasteiger partial charge on any atom is 0.241 e. The molecule has 2 aliphatic rings. The van der Waals surface area contributed by atoms with Crippen molar-refractivity contribution in [1.82, 2.24) is 4.90 Å². The quantitative estimate of drug-likeness (QED) is 0.731.